The van der Waals surface area contributed by atoms with Crippen LogP contribution in [-0.4, -0.2) is 30.7 Å². The van der Waals surface area contributed by atoms with Crippen LogP contribution in [0.1, 0.15) is 53.4 Å². The van der Waals surface area contributed by atoms with Crippen molar-refractivity contribution in [2.75, 3.05) is 6.61 Å². The molecule has 120 valence electrons. The van der Waals surface area contributed by atoms with Gasteiger partial charge in [0.05, 0.1) is 12.0 Å². The van der Waals surface area contributed by atoms with E-state index in [0.717, 1.165) is 18.9 Å². The second-order valence-corrected chi connectivity index (χ2v) is 13.1. The van der Waals surface area contributed by atoms with Crippen LogP contribution in [0.15, 0.2) is 0 Å². The summed E-state index contributed by atoms with van der Waals surface area (Å²) >= 11 is 0. The lowest BCUT2D eigenvalue weighted by atomic mass is 9.91. The lowest BCUT2D eigenvalue weighted by Gasteiger charge is -2.24. The van der Waals surface area contributed by atoms with Crippen molar-refractivity contribution in [2.45, 2.75) is 78.6 Å². The van der Waals surface area contributed by atoms with E-state index in [-0.39, 0.29) is 21.1 Å². The zero-order valence-electron chi connectivity index (χ0n) is 14.4. The van der Waals surface area contributed by atoms with Gasteiger partial charge in [-0.05, 0) is 51.9 Å². The van der Waals surface area contributed by atoms with Gasteiger partial charge in [-0.15, -0.1) is 0 Å². The Morgan fingerprint density at radius 3 is 2.40 bits per heavy atom. The summed E-state index contributed by atoms with van der Waals surface area (Å²) in [4.78, 5) is 11.8. The fourth-order valence-corrected chi connectivity index (χ4v) is 6.84. The first-order valence-electron chi connectivity index (χ1n) is 8.06. The molecule has 5 heteroatoms. The van der Waals surface area contributed by atoms with Crippen molar-refractivity contribution >= 4 is 24.0 Å². The highest BCUT2D eigenvalue weighted by Gasteiger charge is 2.27. The van der Waals surface area contributed by atoms with Gasteiger partial charge >= 0.3 is 5.97 Å². The van der Waals surface area contributed by atoms with Crippen LogP contribution in [0.4, 0.5) is 0 Å². The van der Waals surface area contributed by atoms with Crippen LogP contribution in [-0.2, 0) is 13.6 Å². The highest BCUT2D eigenvalue weighted by atomic mass is 28.4. The predicted octanol–water partition coefficient (Wildman–Crippen LogP) is 3.88. The van der Waals surface area contributed by atoms with Crippen LogP contribution in [0.25, 0.3) is 0 Å². The zero-order valence-corrected chi connectivity index (χ0v) is 16.8. The van der Waals surface area contributed by atoms with Crippen molar-refractivity contribution in [3.8, 4) is 0 Å². The molecule has 0 atom stereocenters. The van der Waals surface area contributed by atoms with Crippen LogP contribution in [0.5, 0.6) is 0 Å². The first kappa shape index (κ1) is 19.9. The Hall–Kier alpha value is -0.136. The number of unbranched alkanes of at least 4 members (excludes halogenated alkanes) is 1. The van der Waals surface area contributed by atoms with Gasteiger partial charge in [0.15, 0.2) is 8.32 Å². The van der Waals surface area contributed by atoms with Gasteiger partial charge in [-0.2, -0.15) is 0 Å². The molecule has 20 heavy (non-hydrogen) atoms. The first-order valence-corrected chi connectivity index (χ1v) is 12.8. The number of hydrogen-bond donors (Lipinski definition) is 0. The molecule has 0 aliphatic heterocycles. The van der Waals surface area contributed by atoms with Crippen LogP contribution in [0.2, 0.25) is 25.2 Å². The second-order valence-electron chi connectivity index (χ2n) is 6.79. The van der Waals surface area contributed by atoms with Gasteiger partial charge < -0.3 is 8.85 Å². The molecular formula is C15H34O3Si2. The van der Waals surface area contributed by atoms with Gasteiger partial charge in [0, 0.05) is 0 Å². The van der Waals surface area contributed by atoms with E-state index in [9.17, 15) is 4.79 Å². The van der Waals surface area contributed by atoms with Crippen molar-refractivity contribution in [1.82, 2.24) is 0 Å². The largest absolute Gasteiger partial charge is 0.465 e. The number of rotatable bonds is 11. The van der Waals surface area contributed by atoms with E-state index < -0.39 is 8.32 Å². The molecule has 0 unspecified atom stereocenters. The molecule has 0 radical (unpaired) electrons. The average molecular weight is 319 g/mol. The average Bonchev–Trinajstić information content (AvgIpc) is 2.39. The topological polar surface area (TPSA) is 35.5 Å². The Kier molecular flexibility index (Phi) is 9.67. The third kappa shape index (κ3) is 8.92. The molecule has 0 saturated carbocycles. The molecule has 0 amide bonds. The minimum Gasteiger partial charge on any atom is -0.465 e. The highest BCUT2D eigenvalue weighted by molar-refractivity contribution is 6.75. The minimum absolute atomic E-state index is 0.0716. The van der Waals surface area contributed by atoms with Gasteiger partial charge in [-0.25, -0.2) is 0 Å². The molecule has 0 saturated heterocycles. The monoisotopic (exact) mass is 318 g/mol. The van der Waals surface area contributed by atoms with Crippen LogP contribution in [0, 0.1) is 5.41 Å². The molecule has 3 nitrogen and oxygen atoms in total. The number of esters is 1. The highest BCUT2D eigenvalue weighted by Crippen LogP contribution is 2.22. The Balaban J connectivity index is 3.79. The predicted molar refractivity (Wildman–Crippen MR) is 91.3 cm³/mol. The van der Waals surface area contributed by atoms with Crippen LogP contribution < -0.4 is 0 Å². The van der Waals surface area contributed by atoms with Crippen molar-refractivity contribution in [3.63, 3.8) is 0 Å². The smallest absolute Gasteiger partial charge is 0.311 e. The molecule has 0 fully saturated rings. The van der Waals surface area contributed by atoms with E-state index in [4.69, 9.17) is 8.85 Å². The molecule has 0 aliphatic carbocycles. The summed E-state index contributed by atoms with van der Waals surface area (Å²) in [5, 5.41) is 0. The quantitative estimate of drug-likeness (QED) is 0.329. The molecule has 0 aliphatic rings. The number of carbonyl (C=O) groups excluding carboxylic acids is 1. The standard InChI is InChI=1S/C15H34O3Si2/c1-7-9-12-19-18-20(5,6)13-10-11-17-14(16)15(3,4)8-2/h7-13,19H2,1-6H3. The number of hydrogen-bond acceptors (Lipinski definition) is 3. The molecular weight excluding hydrogens is 284 g/mol. The molecule has 0 heterocycles. The Bertz CT molecular complexity index is 278. The maximum atomic E-state index is 11.8. The van der Waals surface area contributed by atoms with E-state index in [0.29, 0.717) is 6.61 Å². The molecule has 0 aromatic heterocycles. The van der Waals surface area contributed by atoms with Crippen molar-refractivity contribution in [1.29, 1.82) is 0 Å². The summed E-state index contributed by atoms with van der Waals surface area (Å²) < 4.78 is 11.5. The Labute approximate surface area is 128 Å². The van der Waals surface area contributed by atoms with E-state index >= 15 is 0 Å². The van der Waals surface area contributed by atoms with E-state index in [1.54, 1.807) is 0 Å². The lowest BCUT2D eigenvalue weighted by molar-refractivity contribution is -0.154. The first-order chi connectivity index (χ1) is 9.25. The van der Waals surface area contributed by atoms with Crippen molar-refractivity contribution in [2.24, 2.45) is 5.41 Å². The Morgan fingerprint density at radius 1 is 1.20 bits per heavy atom. The van der Waals surface area contributed by atoms with Gasteiger partial charge in [0.25, 0.3) is 0 Å². The Morgan fingerprint density at radius 2 is 1.85 bits per heavy atom. The fraction of sp³-hybridized carbons (Fsp3) is 0.933. The van der Waals surface area contributed by atoms with E-state index in [1.807, 2.05) is 20.8 Å². The minimum atomic E-state index is -1.51. The van der Waals surface area contributed by atoms with Crippen molar-refractivity contribution in [3.05, 3.63) is 0 Å². The van der Waals surface area contributed by atoms with Gasteiger partial charge in [0.1, 0.15) is 9.76 Å². The molecule has 0 spiro atoms. The van der Waals surface area contributed by atoms with Crippen LogP contribution in [0.3, 0.4) is 0 Å². The maximum Gasteiger partial charge on any atom is 0.311 e. The third-order valence-electron chi connectivity index (χ3n) is 3.83. The maximum absolute atomic E-state index is 11.8. The van der Waals surface area contributed by atoms with Crippen molar-refractivity contribution < 1.29 is 13.6 Å². The summed E-state index contributed by atoms with van der Waals surface area (Å²) in [6, 6.07) is 2.39. The SMILES string of the molecule is CCCC[SiH2]O[Si](C)(C)CCCOC(=O)C(C)(C)CC. The molecule has 0 rings (SSSR count). The van der Waals surface area contributed by atoms with E-state index in [2.05, 4.69) is 20.0 Å². The fourth-order valence-electron chi connectivity index (χ4n) is 1.78. The summed E-state index contributed by atoms with van der Waals surface area (Å²) in [6.07, 6.45) is 4.33. The third-order valence-corrected chi connectivity index (χ3v) is 10.1. The zero-order chi connectivity index (χ0) is 15.6. The van der Waals surface area contributed by atoms with Gasteiger partial charge in [0.2, 0.25) is 0 Å². The molecule has 0 bridgehead atoms. The summed E-state index contributed by atoms with van der Waals surface area (Å²) in [6.45, 7) is 13.2. The molecule has 0 N–H and O–H groups in total. The molecule has 0 aromatic rings. The molecule has 0 aromatic carbocycles. The summed E-state index contributed by atoms with van der Waals surface area (Å²) in [5.74, 6) is -0.0716. The van der Waals surface area contributed by atoms with Crippen LogP contribution >= 0.6 is 0 Å². The number of carbonyl (C=O) groups is 1. The van der Waals surface area contributed by atoms with Gasteiger partial charge in [-0.1, -0.05) is 26.7 Å². The second kappa shape index (κ2) is 9.74. The van der Waals surface area contributed by atoms with Gasteiger partial charge in [-0.3, -0.25) is 4.79 Å². The number of ether oxygens (including phenoxy) is 1. The van der Waals surface area contributed by atoms with E-state index in [1.165, 1.54) is 18.9 Å². The summed E-state index contributed by atoms with van der Waals surface area (Å²) in [7, 11) is -1.83. The normalized spacial score (nSPS) is 13.1. The lowest BCUT2D eigenvalue weighted by Crippen LogP contribution is -2.32. The summed E-state index contributed by atoms with van der Waals surface area (Å²) in [5.41, 5.74) is -0.351.